The maximum absolute atomic E-state index is 13.0. The predicted molar refractivity (Wildman–Crippen MR) is 118 cm³/mol. The summed E-state index contributed by atoms with van der Waals surface area (Å²) in [6, 6.07) is 8.30. The first-order valence-corrected chi connectivity index (χ1v) is 12.0. The van der Waals surface area contributed by atoms with Crippen LogP contribution in [0.3, 0.4) is 0 Å². The highest BCUT2D eigenvalue weighted by molar-refractivity contribution is 8.21. The smallest absolute Gasteiger partial charge is 0.312 e. The monoisotopic (exact) mass is 436 g/mol. The Morgan fingerprint density at radius 1 is 1.21 bits per heavy atom. The normalized spacial score (nSPS) is 19.3. The summed E-state index contributed by atoms with van der Waals surface area (Å²) in [5.74, 6) is 1.84. The number of carbonyl (C=O) groups excluding carboxylic acids is 3. The van der Waals surface area contributed by atoms with Gasteiger partial charge >= 0.3 is 6.03 Å². The van der Waals surface area contributed by atoms with Crippen molar-refractivity contribution in [2.24, 2.45) is 5.73 Å². The van der Waals surface area contributed by atoms with Crippen LogP contribution in [0.5, 0.6) is 0 Å². The van der Waals surface area contributed by atoms with E-state index in [4.69, 9.17) is 5.73 Å². The van der Waals surface area contributed by atoms with Crippen LogP contribution in [-0.2, 0) is 15.1 Å². The first kappa shape index (κ1) is 21.8. The number of carbonyl (C=O) groups is 3. The highest BCUT2D eigenvalue weighted by atomic mass is 32.2. The van der Waals surface area contributed by atoms with Crippen LogP contribution in [0.1, 0.15) is 31.7 Å². The van der Waals surface area contributed by atoms with Gasteiger partial charge in [-0.2, -0.15) is 0 Å². The zero-order valence-electron chi connectivity index (χ0n) is 16.6. The SMILES string of the molecule is CCCCC(NC(N)=O)C(=O)NC1(c2ccccc2)CN(C(=O)C2SCCS2)C1. The Bertz CT molecular complexity index is 735. The van der Waals surface area contributed by atoms with Crippen LogP contribution in [0.4, 0.5) is 4.79 Å². The summed E-state index contributed by atoms with van der Waals surface area (Å²) < 4.78 is -0.0479. The lowest BCUT2D eigenvalue weighted by Gasteiger charge is -2.51. The maximum Gasteiger partial charge on any atom is 0.312 e. The third-order valence-electron chi connectivity index (χ3n) is 5.22. The number of hydrogen-bond donors (Lipinski definition) is 3. The minimum Gasteiger partial charge on any atom is -0.352 e. The van der Waals surface area contributed by atoms with Crippen molar-refractivity contribution in [1.82, 2.24) is 15.5 Å². The van der Waals surface area contributed by atoms with E-state index in [0.717, 1.165) is 29.9 Å². The zero-order chi connectivity index (χ0) is 20.9. The molecule has 9 heteroatoms. The molecule has 0 bridgehead atoms. The summed E-state index contributed by atoms with van der Waals surface area (Å²) in [5.41, 5.74) is 5.58. The second-order valence-corrected chi connectivity index (χ2v) is 10.1. The Morgan fingerprint density at radius 3 is 2.45 bits per heavy atom. The number of hydrogen-bond acceptors (Lipinski definition) is 5. The third-order valence-corrected chi connectivity index (χ3v) is 8.19. The van der Waals surface area contributed by atoms with Crippen LogP contribution in [0, 0.1) is 0 Å². The van der Waals surface area contributed by atoms with Crippen molar-refractivity contribution in [1.29, 1.82) is 0 Å². The van der Waals surface area contributed by atoms with E-state index < -0.39 is 17.6 Å². The molecule has 1 aromatic rings. The van der Waals surface area contributed by atoms with Gasteiger partial charge in [-0.05, 0) is 12.0 Å². The lowest BCUT2D eigenvalue weighted by atomic mass is 9.81. The van der Waals surface area contributed by atoms with Gasteiger partial charge in [0.15, 0.2) is 0 Å². The van der Waals surface area contributed by atoms with Gasteiger partial charge in [0.2, 0.25) is 11.8 Å². The Kier molecular flexibility index (Phi) is 7.34. The Morgan fingerprint density at radius 2 is 1.86 bits per heavy atom. The molecule has 29 heavy (non-hydrogen) atoms. The fourth-order valence-corrected chi connectivity index (χ4v) is 6.42. The van der Waals surface area contributed by atoms with Crippen LogP contribution in [-0.4, -0.2) is 58.0 Å². The van der Waals surface area contributed by atoms with Gasteiger partial charge in [0.1, 0.15) is 16.2 Å². The number of nitrogens with zero attached hydrogens (tertiary/aromatic N) is 1. The van der Waals surface area contributed by atoms with E-state index in [0.29, 0.717) is 19.5 Å². The van der Waals surface area contributed by atoms with Gasteiger partial charge in [-0.3, -0.25) is 9.59 Å². The van der Waals surface area contributed by atoms with E-state index in [1.165, 1.54) is 0 Å². The molecule has 2 heterocycles. The Hall–Kier alpha value is -1.87. The van der Waals surface area contributed by atoms with Crippen LogP contribution in [0.15, 0.2) is 30.3 Å². The van der Waals surface area contributed by atoms with Gasteiger partial charge in [-0.15, -0.1) is 23.5 Å². The van der Waals surface area contributed by atoms with Crippen LogP contribution >= 0.6 is 23.5 Å². The average Bonchev–Trinajstić information content (AvgIpc) is 3.22. The summed E-state index contributed by atoms with van der Waals surface area (Å²) in [5, 5.41) is 5.67. The summed E-state index contributed by atoms with van der Waals surface area (Å²) in [4.78, 5) is 38.9. The van der Waals surface area contributed by atoms with Crippen molar-refractivity contribution in [3.05, 3.63) is 35.9 Å². The van der Waals surface area contributed by atoms with E-state index in [1.54, 1.807) is 23.5 Å². The topological polar surface area (TPSA) is 105 Å². The van der Waals surface area contributed by atoms with Crippen molar-refractivity contribution in [2.45, 2.75) is 42.3 Å². The molecule has 2 aliphatic heterocycles. The first-order chi connectivity index (χ1) is 13.9. The molecule has 1 unspecified atom stereocenters. The van der Waals surface area contributed by atoms with Crippen molar-refractivity contribution in [3.63, 3.8) is 0 Å². The molecule has 0 saturated carbocycles. The van der Waals surface area contributed by atoms with Crippen molar-refractivity contribution in [2.75, 3.05) is 24.6 Å². The highest BCUT2D eigenvalue weighted by Crippen LogP contribution is 2.38. The van der Waals surface area contributed by atoms with Crippen molar-refractivity contribution >= 4 is 41.4 Å². The van der Waals surface area contributed by atoms with Gasteiger partial charge in [-0.25, -0.2) is 4.79 Å². The summed E-state index contributed by atoms with van der Waals surface area (Å²) in [6.07, 6.45) is 2.23. The van der Waals surface area contributed by atoms with Gasteiger partial charge in [-0.1, -0.05) is 50.1 Å². The molecule has 4 amide bonds. The number of primary amides is 1. The number of likely N-dealkylation sites (tertiary alicyclic amines) is 1. The molecule has 2 saturated heterocycles. The Balaban J connectivity index is 1.74. The number of amides is 4. The molecule has 2 fully saturated rings. The minimum absolute atomic E-state index is 0.0479. The largest absolute Gasteiger partial charge is 0.352 e. The number of rotatable bonds is 8. The number of thioether (sulfide) groups is 2. The van der Waals surface area contributed by atoms with E-state index in [-0.39, 0.29) is 16.4 Å². The molecule has 0 aromatic heterocycles. The van der Waals surface area contributed by atoms with Gasteiger partial charge in [0.25, 0.3) is 0 Å². The standard InChI is InChI=1S/C20H28N4O3S2/c1-2-3-9-15(22-19(21)27)16(25)23-20(14-7-5-4-6-8-14)12-24(13-20)17(26)18-28-10-11-29-18/h4-8,15,18H,2-3,9-13H2,1H3,(H,23,25)(H3,21,22,27). The van der Waals surface area contributed by atoms with Gasteiger partial charge in [0.05, 0.1) is 0 Å². The number of nitrogens with one attached hydrogen (secondary N) is 2. The van der Waals surface area contributed by atoms with Crippen molar-refractivity contribution < 1.29 is 14.4 Å². The molecule has 1 aromatic carbocycles. The molecule has 4 N–H and O–H groups in total. The van der Waals surface area contributed by atoms with Crippen LogP contribution in [0.25, 0.3) is 0 Å². The summed E-state index contributed by atoms with van der Waals surface area (Å²) in [7, 11) is 0. The van der Waals surface area contributed by atoms with E-state index in [1.807, 2.05) is 42.2 Å². The van der Waals surface area contributed by atoms with Crippen LogP contribution < -0.4 is 16.4 Å². The zero-order valence-corrected chi connectivity index (χ0v) is 18.2. The highest BCUT2D eigenvalue weighted by Gasteiger charge is 2.49. The van der Waals surface area contributed by atoms with Crippen molar-refractivity contribution in [3.8, 4) is 0 Å². The lowest BCUT2D eigenvalue weighted by molar-refractivity contribution is -0.142. The second kappa shape index (κ2) is 9.75. The molecule has 0 radical (unpaired) electrons. The van der Waals surface area contributed by atoms with Crippen LogP contribution in [0.2, 0.25) is 0 Å². The molecule has 158 valence electrons. The molecule has 2 aliphatic rings. The fourth-order valence-electron chi connectivity index (χ4n) is 3.67. The number of nitrogens with two attached hydrogens (primary N) is 1. The Labute approximate surface area is 179 Å². The van der Waals surface area contributed by atoms with Gasteiger partial charge < -0.3 is 21.3 Å². The molecule has 1 atom stereocenters. The molecule has 0 aliphatic carbocycles. The van der Waals surface area contributed by atoms with Gasteiger partial charge in [0, 0.05) is 24.6 Å². The summed E-state index contributed by atoms with van der Waals surface area (Å²) in [6.45, 7) is 2.88. The maximum atomic E-state index is 13.0. The first-order valence-electron chi connectivity index (χ1n) is 9.91. The third kappa shape index (κ3) is 5.19. The molecular formula is C20H28N4O3S2. The quantitative estimate of drug-likeness (QED) is 0.577. The van der Waals surface area contributed by atoms with E-state index >= 15 is 0 Å². The molecule has 7 nitrogen and oxygen atoms in total. The fraction of sp³-hybridized carbons (Fsp3) is 0.550. The second-order valence-electron chi connectivity index (χ2n) is 7.41. The van der Waals surface area contributed by atoms with E-state index in [2.05, 4.69) is 10.6 Å². The number of urea groups is 1. The summed E-state index contributed by atoms with van der Waals surface area (Å²) >= 11 is 3.36. The molecule has 3 rings (SSSR count). The number of unbranched alkanes of at least 4 members (excludes halogenated alkanes) is 1. The molecule has 0 spiro atoms. The molecular weight excluding hydrogens is 408 g/mol. The lowest BCUT2D eigenvalue weighted by Crippen LogP contribution is -2.71. The number of benzene rings is 1. The average molecular weight is 437 g/mol. The van der Waals surface area contributed by atoms with E-state index in [9.17, 15) is 14.4 Å². The predicted octanol–water partition coefficient (Wildman–Crippen LogP) is 1.87. The minimum atomic E-state index is -0.712.